The molecule has 1 amide bonds. The topological polar surface area (TPSA) is 95.9 Å². The zero-order chi connectivity index (χ0) is 18.2. The largest absolute Gasteiger partial charge is 0.506 e. The number of benzene rings is 2. The molecule has 2 rings (SSSR count). The van der Waals surface area contributed by atoms with Gasteiger partial charge in [-0.15, -0.1) is 0 Å². The number of phenolic OH excluding ortho intramolecular Hbond substituents is 1. The maximum Gasteiger partial charge on any atom is 0.307 e. The number of aliphatic carboxylic acids is 1. The second kappa shape index (κ2) is 8.94. The van der Waals surface area contributed by atoms with Crippen molar-refractivity contribution in [1.82, 2.24) is 0 Å². The molecule has 0 aliphatic carbocycles. The first-order valence-electron chi connectivity index (χ1n) is 7.66. The fourth-order valence-corrected chi connectivity index (χ4v) is 2.26. The third-order valence-electron chi connectivity index (χ3n) is 3.32. The van der Waals surface area contributed by atoms with Gasteiger partial charge >= 0.3 is 5.97 Å². The molecule has 7 heteroatoms. The third kappa shape index (κ3) is 6.35. The maximum atomic E-state index is 11.9. The molecular formula is C18H18ClNO5. The molecule has 25 heavy (non-hydrogen) atoms. The molecule has 2 aromatic rings. The lowest BCUT2D eigenvalue weighted by molar-refractivity contribution is -0.136. The number of carboxylic acids is 1. The summed E-state index contributed by atoms with van der Waals surface area (Å²) in [5.41, 5.74) is 0.689. The molecule has 0 radical (unpaired) electrons. The van der Waals surface area contributed by atoms with Crippen LogP contribution in [0.15, 0.2) is 42.5 Å². The van der Waals surface area contributed by atoms with Crippen molar-refractivity contribution in [3.8, 4) is 11.5 Å². The number of carbonyl (C=O) groups is 2. The summed E-state index contributed by atoms with van der Waals surface area (Å²) in [6.45, 7) is 0.361. The van der Waals surface area contributed by atoms with Crippen LogP contribution in [0.25, 0.3) is 0 Å². The van der Waals surface area contributed by atoms with E-state index in [-0.39, 0.29) is 30.2 Å². The zero-order valence-electron chi connectivity index (χ0n) is 13.4. The van der Waals surface area contributed by atoms with E-state index in [1.165, 1.54) is 18.2 Å². The molecule has 0 saturated carbocycles. The highest BCUT2D eigenvalue weighted by atomic mass is 35.5. The highest BCUT2D eigenvalue weighted by molar-refractivity contribution is 6.30. The van der Waals surface area contributed by atoms with Crippen LogP contribution in [0, 0.1) is 0 Å². The van der Waals surface area contributed by atoms with Gasteiger partial charge in [0.15, 0.2) is 0 Å². The molecule has 132 valence electrons. The quantitative estimate of drug-likeness (QED) is 0.493. The fourth-order valence-electron chi connectivity index (χ4n) is 2.13. The Morgan fingerprint density at radius 1 is 1.12 bits per heavy atom. The first-order chi connectivity index (χ1) is 11.9. The van der Waals surface area contributed by atoms with Gasteiger partial charge in [-0.05, 0) is 48.4 Å². The summed E-state index contributed by atoms with van der Waals surface area (Å²) in [5.74, 6) is -0.714. The van der Waals surface area contributed by atoms with Crippen LogP contribution in [-0.2, 0) is 16.0 Å². The van der Waals surface area contributed by atoms with Crippen LogP contribution < -0.4 is 10.1 Å². The standard InChI is InChI=1S/C18H18ClNO5/c19-13-4-6-14(7-5-13)25-9-1-2-17(22)20-15-10-12(11-18(23)24)3-8-16(15)21/h3-8,10,21H,1-2,9,11H2,(H,20,22)(H,23,24). The highest BCUT2D eigenvalue weighted by Gasteiger charge is 2.09. The normalized spacial score (nSPS) is 10.3. The molecule has 0 bridgehead atoms. The Balaban J connectivity index is 1.79. The molecule has 0 heterocycles. The van der Waals surface area contributed by atoms with Crippen molar-refractivity contribution in [3.05, 3.63) is 53.1 Å². The Bertz CT molecular complexity index is 746. The number of phenols is 1. The third-order valence-corrected chi connectivity index (χ3v) is 3.57. The minimum absolute atomic E-state index is 0.111. The molecule has 0 saturated heterocycles. The van der Waals surface area contributed by atoms with Gasteiger partial charge in [-0.3, -0.25) is 9.59 Å². The lowest BCUT2D eigenvalue weighted by Gasteiger charge is -2.09. The zero-order valence-corrected chi connectivity index (χ0v) is 14.1. The number of ether oxygens (including phenoxy) is 1. The average Bonchev–Trinajstić information content (AvgIpc) is 2.56. The van der Waals surface area contributed by atoms with Gasteiger partial charge in [0.2, 0.25) is 5.91 Å². The van der Waals surface area contributed by atoms with E-state index in [2.05, 4.69) is 5.32 Å². The lowest BCUT2D eigenvalue weighted by Crippen LogP contribution is -2.13. The van der Waals surface area contributed by atoms with Gasteiger partial charge in [0.25, 0.3) is 0 Å². The van der Waals surface area contributed by atoms with E-state index < -0.39 is 5.97 Å². The van der Waals surface area contributed by atoms with Crippen molar-refractivity contribution in [2.24, 2.45) is 0 Å². The van der Waals surface area contributed by atoms with E-state index in [9.17, 15) is 14.7 Å². The molecule has 0 aromatic heterocycles. The smallest absolute Gasteiger partial charge is 0.307 e. The lowest BCUT2D eigenvalue weighted by atomic mass is 10.1. The summed E-state index contributed by atoms with van der Waals surface area (Å²) in [6, 6.07) is 11.2. The van der Waals surface area contributed by atoms with Crippen molar-refractivity contribution >= 4 is 29.2 Å². The molecule has 0 spiro atoms. The molecule has 0 atom stereocenters. The summed E-state index contributed by atoms with van der Waals surface area (Å²) in [4.78, 5) is 22.7. The predicted octanol–water partition coefficient (Wildman–Crippen LogP) is 3.47. The maximum absolute atomic E-state index is 11.9. The van der Waals surface area contributed by atoms with Crippen LogP contribution in [-0.4, -0.2) is 28.7 Å². The Morgan fingerprint density at radius 3 is 2.52 bits per heavy atom. The van der Waals surface area contributed by atoms with Crippen LogP contribution in [0.1, 0.15) is 18.4 Å². The molecule has 0 aliphatic heterocycles. The number of hydrogen-bond acceptors (Lipinski definition) is 4. The van der Waals surface area contributed by atoms with E-state index in [0.717, 1.165) is 0 Å². The average molecular weight is 364 g/mol. The Labute approximate surface area is 150 Å². The Kier molecular flexibility index (Phi) is 6.65. The SMILES string of the molecule is O=C(O)Cc1ccc(O)c(NC(=O)CCCOc2ccc(Cl)cc2)c1. The predicted molar refractivity (Wildman–Crippen MR) is 94.3 cm³/mol. The molecule has 3 N–H and O–H groups in total. The van der Waals surface area contributed by atoms with Crippen LogP contribution >= 0.6 is 11.6 Å². The van der Waals surface area contributed by atoms with Gasteiger partial charge in [0.05, 0.1) is 18.7 Å². The van der Waals surface area contributed by atoms with Crippen molar-refractivity contribution < 1.29 is 24.5 Å². The first kappa shape index (κ1) is 18.6. The second-order valence-electron chi connectivity index (χ2n) is 5.38. The van der Waals surface area contributed by atoms with Crippen molar-refractivity contribution in [3.63, 3.8) is 0 Å². The summed E-state index contributed by atoms with van der Waals surface area (Å²) >= 11 is 5.78. The van der Waals surface area contributed by atoms with E-state index in [4.69, 9.17) is 21.4 Å². The molecule has 0 fully saturated rings. The number of rotatable bonds is 8. The Morgan fingerprint density at radius 2 is 1.84 bits per heavy atom. The highest BCUT2D eigenvalue weighted by Crippen LogP contribution is 2.24. The molecule has 0 unspecified atom stereocenters. The summed E-state index contributed by atoms with van der Waals surface area (Å²) < 4.78 is 5.49. The van der Waals surface area contributed by atoms with Gasteiger partial charge < -0.3 is 20.3 Å². The van der Waals surface area contributed by atoms with E-state index >= 15 is 0 Å². The van der Waals surface area contributed by atoms with Gasteiger partial charge in [0, 0.05) is 11.4 Å². The first-order valence-corrected chi connectivity index (χ1v) is 8.04. The fraction of sp³-hybridized carbons (Fsp3) is 0.222. The van der Waals surface area contributed by atoms with Crippen LogP contribution in [0.4, 0.5) is 5.69 Å². The van der Waals surface area contributed by atoms with Crippen LogP contribution in [0.2, 0.25) is 5.02 Å². The Hall–Kier alpha value is -2.73. The minimum Gasteiger partial charge on any atom is -0.506 e. The van der Waals surface area contributed by atoms with Crippen LogP contribution in [0.5, 0.6) is 11.5 Å². The summed E-state index contributed by atoms with van der Waals surface area (Å²) in [7, 11) is 0. The number of nitrogens with one attached hydrogen (secondary N) is 1. The number of hydrogen-bond donors (Lipinski definition) is 3. The number of halogens is 1. The molecule has 2 aromatic carbocycles. The van der Waals surface area contributed by atoms with Gasteiger partial charge in [0.1, 0.15) is 11.5 Å². The number of carboxylic acid groups (broad SMARTS) is 1. The van der Waals surface area contributed by atoms with Crippen LogP contribution in [0.3, 0.4) is 0 Å². The van der Waals surface area contributed by atoms with Crippen molar-refractivity contribution in [2.75, 3.05) is 11.9 Å². The second-order valence-corrected chi connectivity index (χ2v) is 5.81. The van der Waals surface area contributed by atoms with Crippen molar-refractivity contribution in [2.45, 2.75) is 19.3 Å². The number of amides is 1. The molecule has 6 nitrogen and oxygen atoms in total. The molecule has 0 aliphatic rings. The van der Waals surface area contributed by atoms with E-state index in [1.54, 1.807) is 24.3 Å². The monoisotopic (exact) mass is 363 g/mol. The van der Waals surface area contributed by atoms with Crippen molar-refractivity contribution in [1.29, 1.82) is 0 Å². The minimum atomic E-state index is -0.984. The number of carbonyl (C=O) groups excluding carboxylic acids is 1. The van der Waals surface area contributed by atoms with E-state index in [0.29, 0.717) is 29.4 Å². The number of anilines is 1. The van der Waals surface area contributed by atoms with Gasteiger partial charge in [-0.25, -0.2) is 0 Å². The molecular weight excluding hydrogens is 346 g/mol. The number of aromatic hydroxyl groups is 1. The summed E-state index contributed by atoms with van der Waals surface area (Å²) in [5, 5.41) is 21.8. The summed E-state index contributed by atoms with van der Waals surface area (Å²) in [6.07, 6.45) is 0.512. The van der Waals surface area contributed by atoms with E-state index in [1.807, 2.05) is 0 Å². The van der Waals surface area contributed by atoms with Gasteiger partial charge in [-0.2, -0.15) is 0 Å². The van der Waals surface area contributed by atoms with Gasteiger partial charge in [-0.1, -0.05) is 17.7 Å².